The van der Waals surface area contributed by atoms with Crippen LogP contribution in [0.15, 0.2) is 66.7 Å². The molecule has 0 aliphatic carbocycles. The first-order chi connectivity index (χ1) is 13.1. The van der Waals surface area contributed by atoms with Gasteiger partial charge in [0.2, 0.25) is 5.91 Å². The first-order valence-electron chi connectivity index (χ1n) is 8.91. The lowest BCUT2D eigenvalue weighted by Crippen LogP contribution is -2.30. The number of carbonyl (C=O) groups excluding carboxylic acids is 2. The van der Waals surface area contributed by atoms with E-state index in [1.165, 1.54) is 10.8 Å². The van der Waals surface area contributed by atoms with Gasteiger partial charge in [-0.2, -0.15) is 0 Å². The summed E-state index contributed by atoms with van der Waals surface area (Å²) in [5.41, 5.74) is 2.38. The van der Waals surface area contributed by atoms with Crippen molar-refractivity contribution in [3.8, 4) is 0 Å². The lowest BCUT2D eigenvalue weighted by Gasteiger charge is -2.16. The Hall–Kier alpha value is -3.18. The summed E-state index contributed by atoms with van der Waals surface area (Å²) in [5.74, 6) is -0.284. The Labute approximate surface area is 158 Å². The Morgan fingerprint density at radius 3 is 2.37 bits per heavy atom. The predicted molar refractivity (Wildman–Crippen MR) is 109 cm³/mol. The van der Waals surface area contributed by atoms with Crippen LogP contribution in [0.4, 0.5) is 5.69 Å². The van der Waals surface area contributed by atoms with Crippen molar-refractivity contribution in [3.63, 3.8) is 0 Å². The molecule has 0 fully saturated rings. The molecule has 0 aliphatic heterocycles. The molecule has 0 spiro atoms. The zero-order valence-electron chi connectivity index (χ0n) is 15.5. The average Bonchev–Trinajstić information content (AvgIpc) is 2.71. The van der Waals surface area contributed by atoms with Crippen LogP contribution in [0.2, 0.25) is 0 Å². The van der Waals surface area contributed by atoms with Crippen LogP contribution in [-0.4, -0.2) is 25.4 Å². The van der Waals surface area contributed by atoms with Gasteiger partial charge in [-0.1, -0.05) is 42.5 Å². The molecule has 0 radical (unpaired) electrons. The molecule has 0 aromatic heterocycles. The number of carbonyl (C=O) groups is 2. The predicted octanol–water partition coefficient (Wildman–Crippen LogP) is 3.49. The number of nitrogens with one attached hydrogen (secondary N) is 3. The number of amides is 2. The summed E-state index contributed by atoms with van der Waals surface area (Å²) in [6.45, 7) is 2.24. The molecule has 1 atom stereocenters. The number of hydrogen-bond donors (Lipinski definition) is 3. The summed E-state index contributed by atoms with van der Waals surface area (Å²) < 4.78 is 0. The van der Waals surface area contributed by atoms with Gasteiger partial charge >= 0.3 is 0 Å². The molecule has 27 heavy (non-hydrogen) atoms. The van der Waals surface area contributed by atoms with E-state index in [1.807, 2.05) is 25.1 Å². The maximum Gasteiger partial charge on any atom is 0.251 e. The zero-order valence-corrected chi connectivity index (χ0v) is 15.5. The Morgan fingerprint density at radius 1 is 0.926 bits per heavy atom. The molecule has 0 saturated carbocycles. The first-order valence-corrected chi connectivity index (χ1v) is 8.91. The second-order valence-electron chi connectivity index (χ2n) is 6.38. The molecule has 0 bridgehead atoms. The van der Waals surface area contributed by atoms with Gasteiger partial charge < -0.3 is 16.0 Å². The van der Waals surface area contributed by atoms with Crippen molar-refractivity contribution in [2.75, 3.05) is 18.9 Å². The zero-order chi connectivity index (χ0) is 19.2. The van der Waals surface area contributed by atoms with Gasteiger partial charge in [-0.05, 0) is 47.5 Å². The maximum atomic E-state index is 12.2. The molecule has 138 valence electrons. The van der Waals surface area contributed by atoms with E-state index in [1.54, 1.807) is 31.3 Å². The Morgan fingerprint density at radius 2 is 1.63 bits per heavy atom. The van der Waals surface area contributed by atoms with Crippen molar-refractivity contribution in [2.45, 2.75) is 13.0 Å². The van der Waals surface area contributed by atoms with Gasteiger partial charge in [0.25, 0.3) is 5.91 Å². The van der Waals surface area contributed by atoms with E-state index in [2.05, 4.69) is 40.2 Å². The molecule has 3 rings (SSSR count). The highest BCUT2D eigenvalue weighted by Crippen LogP contribution is 2.23. The van der Waals surface area contributed by atoms with Gasteiger partial charge in [-0.15, -0.1) is 0 Å². The van der Waals surface area contributed by atoms with E-state index in [4.69, 9.17) is 0 Å². The van der Waals surface area contributed by atoms with Crippen LogP contribution in [0.25, 0.3) is 10.8 Å². The van der Waals surface area contributed by atoms with Crippen molar-refractivity contribution >= 4 is 28.3 Å². The maximum absolute atomic E-state index is 12.2. The van der Waals surface area contributed by atoms with E-state index >= 15 is 0 Å². The van der Waals surface area contributed by atoms with Gasteiger partial charge in [0.05, 0.1) is 6.54 Å². The molecule has 3 aromatic carbocycles. The van der Waals surface area contributed by atoms with Crippen molar-refractivity contribution < 1.29 is 9.59 Å². The normalized spacial score (nSPS) is 11.8. The lowest BCUT2D eigenvalue weighted by molar-refractivity contribution is -0.115. The van der Waals surface area contributed by atoms with Gasteiger partial charge in [-0.3, -0.25) is 9.59 Å². The molecular formula is C22H23N3O2. The van der Waals surface area contributed by atoms with Gasteiger partial charge in [0.1, 0.15) is 0 Å². The molecule has 2 amide bonds. The highest BCUT2D eigenvalue weighted by molar-refractivity contribution is 5.96. The molecular weight excluding hydrogens is 338 g/mol. The second kappa shape index (κ2) is 8.47. The minimum atomic E-state index is -0.154. The van der Waals surface area contributed by atoms with Crippen LogP contribution in [0.5, 0.6) is 0 Å². The van der Waals surface area contributed by atoms with Crippen molar-refractivity contribution in [1.82, 2.24) is 10.6 Å². The topological polar surface area (TPSA) is 70.2 Å². The molecule has 5 heteroatoms. The summed E-state index contributed by atoms with van der Waals surface area (Å²) in [5, 5.41) is 11.0. The van der Waals surface area contributed by atoms with Crippen molar-refractivity contribution in [2.24, 2.45) is 0 Å². The summed E-state index contributed by atoms with van der Waals surface area (Å²) >= 11 is 0. The third-order valence-electron chi connectivity index (χ3n) is 4.52. The standard InChI is InChI=1S/C22H23N3O2/c1-15(19-9-5-7-16-6-3-4-8-20(16)19)24-14-21(26)25-18-12-10-17(11-13-18)22(27)23-2/h3-13,15,24H,14H2,1-2H3,(H,23,27)(H,25,26)/t15-/m1/s1. The fourth-order valence-electron chi connectivity index (χ4n) is 3.04. The highest BCUT2D eigenvalue weighted by Gasteiger charge is 2.11. The SMILES string of the molecule is CNC(=O)c1ccc(NC(=O)CN[C@H](C)c2cccc3ccccc23)cc1. The first kappa shape index (κ1) is 18.6. The van der Waals surface area contributed by atoms with E-state index in [-0.39, 0.29) is 24.4 Å². The number of anilines is 1. The van der Waals surface area contributed by atoms with Crippen LogP contribution in [0.1, 0.15) is 28.9 Å². The molecule has 3 N–H and O–H groups in total. The van der Waals surface area contributed by atoms with E-state index < -0.39 is 0 Å². The van der Waals surface area contributed by atoms with Crippen LogP contribution in [-0.2, 0) is 4.79 Å². The summed E-state index contributed by atoms with van der Waals surface area (Å²) in [7, 11) is 1.58. The van der Waals surface area contributed by atoms with Crippen LogP contribution in [0.3, 0.4) is 0 Å². The highest BCUT2D eigenvalue weighted by atomic mass is 16.2. The van der Waals surface area contributed by atoms with Crippen molar-refractivity contribution in [3.05, 3.63) is 77.9 Å². The molecule has 5 nitrogen and oxygen atoms in total. The van der Waals surface area contributed by atoms with E-state index in [9.17, 15) is 9.59 Å². The van der Waals surface area contributed by atoms with Gasteiger partial charge in [-0.25, -0.2) is 0 Å². The quantitative estimate of drug-likeness (QED) is 0.629. The molecule has 3 aromatic rings. The molecule has 0 unspecified atom stereocenters. The van der Waals surface area contributed by atoms with Crippen LogP contribution < -0.4 is 16.0 Å². The molecule has 0 heterocycles. The Balaban J connectivity index is 1.59. The Kier molecular flexibility index (Phi) is 5.84. The minimum Gasteiger partial charge on any atom is -0.355 e. The summed E-state index contributed by atoms with van der Waals surface area (Å²) in [6, 6.07) is 21.3. The third kappa shape index (κ3) is 4.51. The third-order valence-corrected chi connectivity index (χ3v) is 4.52. The van der Waals surface area contributed by atoms with Gasteiger partial charge in [0.15, 0.2) is 0 Å². The lowest BCUT2D eigenvalue weighted by atomic mass is 10.00. The fourth-order valence-corrected chi connectivity index (χ4v) is 3.04. The monoisotopic (exact) mass is 361 g/mol. The van der Waals surface area contributed by atoms with Crippen LogP contribution in [0, 0.1) is 0 Å². The fraction of sp³-hybridized carbons (Fsp3) is 0.182. The smallest absolute Gasteiger partial charge is 0.251 e. The minimum absolute atomic E-state index is 0.0393. The van der Waals surface area contributed by atoms with E-state index in [0.717, 1.165) is 5.56 Å². The number of rotatable bonds is 6. The van der Waals surface area contributed by atoms with Crippen molar-refractivity contribution in [1.29, 1.82) is 0 Å². The number of benzene rings is 3. The summed E-state index contributed by atoms with van der Waals surface area (Å²) in [4.78, 5) is 23.8. The second-order valence-corrected chi connectivity index (χ2v) is 6.38. The summed E-state index contributed by atoms with van der Waals surface area (Å²) in [6.07, 6.45) is 0. The number of hydrogen-bond acceptors (Lipinski definition) is 3. The molecule has 0 aliphatic rings. The van der Waals surface area contributed by atoms with E-state index in [0.29, 0.717) is 11.3 Å². The largest absolute Gasteiger partial charge is 0.355 e. The average molecular weight is 361 g/mol. The number of fused-ring (bicyclic) bond motifs is 1. The van der Waals surface area contributed by atoms with Crippen LogP contribution >= 0.6 is 0 Å². The van der Waals surface area contributed by atoms with Gasteiger partial charge in [0, 0.05) is 24.3 Å². The Bertz CT molecular complexity index is 946. The molecule has 0 saturated heterocycles.